The SMILES string of the molecule is COc1ccccc1CNC(=O)[C@H](C)OC(=O)/C=C/c1ccc(F)c(Cl)c1. The number of nitrogens with one attached hydrogen (secondary N) is 1. The Bertz CT molecular complexity index is 854. The van der Waals surface area contributed by atoms with Crippen LogP contribution in [0.4, 0.5) is 4.39 Å². The molecule has 0 saturated heterocycles. The van der Waals surface area contributed by atoms with Gasteiger partial charge in [0, 0.05) is 18.2 Å². The number of hydrogen-bond donors (Lipinski definition) is 1. The van der Waals surface area contributed by atoms with Gasteiger partial charge in [0.05, 0.1) is 12.1 Å². The van der Waals surface area contributed by atoms with E-state index >= 15 is 0 Å². The second kappa shape index (κ2) is 9.73. The molecule has 0 aliphatic heterocycles. The van der Waals surface area contributed by atoms with Crippen molar-refractivity contribution in [2.45, 2.75) is 19.6 Å². The van der Waals surface area contributed by atoms with Gasteiger partial charge in [-0.25, -0.2) is 9.18 Å². The molecule has 1 atom stereocenters. The second-order valence-electron chi connectivity index (χ2n) is 5.62. The average molecular weight is 392 g/mol. The van der Waals surface area contributed by atoms with Gasteiger partial charge < -0.3 is 14.8 Å². The summed E-state index contributed by atoms with van der Waals surface area (Å²) in [5.41, 5.74) is 1.34. The van der Waals surface area contributed by atoms with Crippen LogP contribution in [0.15, 0.2) is 48.5 Å². The highest BCUT2D eigenvalue weighted by molar-refractivity contribution is 6.30. The molecule has 0 aliphatic rings. The molecule has 0 radical (unpaired) electrons. The molecule has 2 aromatic carbocycles. The quantitative estimate of drug-likeness (QED) is 0.576. The number of carbonyl (C=O) groups is 2. The van der Waals surface area contributed by atoms with Crippen molar-refractivity contribution >= 4 is 29.6 Å². The molecule has 142 valence electrons. The molecule has 27 heavy (non-hydrogen) atoms. The lowest BCUT2D eigenvalue weighted by Crippen LogP contribution is -2.35. The lowest BCUT2D eigenvalue weighted by Gasteiger charge is -2.13. The van der Waals surface area contributed by atoms with E-state index in [1.165, 1.54) is 31.2 Å². The Morgan fingerprint density at radius 3 is 2.70 bits per heavy atom. The Morgan fingerprint density at radius 1 is 1.26 bits per heavy atom. The lowest BCUT2D eigenvalue weighted by molar-refractivity contribution is -0.150. The molecule has 0 heterocycles. The number of para-hydroxylation sites is 1. The molecular formula is C20H19ClFNO4. The van der Waals surface area contributed by atoms with Gasteiger partial charge in [0.15, 0.2) is 6.10 Å². The number of halogens is 2. The maximum Gasteiger partial charge on any atom is 0.331 e. The molecule has 1 amide bonds. The van der Waals surface area contributed by atoms with E-state index in [2.05, 4.69) is 5.32 Å². The van der Waals surface area contributed by atoms with Gasteiger partial charge >= 0.3 is 5.97 Å². The third-order valence-electron chi connectivity index (χ3n) is 3.66. The summed E-state index contributed by atoms with van der Waals surface area (Å²) in [5, 5.41) is 2.64. The third kappa shape index (κ3) is 6.11. The normalized spacial score (nSPS) is 11.9. The highest BCUT2D eigenvalue weighted by Crippen LogP contribution is 2.17. The zero-order valence-corrected chi connectivity index (χ0v) is 15.6. The minimum atomic E-state index is -0.978. The van der Waals surface area contributed by atoms with Crippen molar-refractivity contribution in [3.63, 3.8) is 0 Å². The summed E-state index contributed by atoms with van der Waals surface area (Å²) in [5.74, 6) is -1.03. The second-order valence-corrected chi connectivity index (χ2v) is 6.02. The largest absolute Gasteiger partial charge is 0.496 e. The van der Waals surface area contributed by atoms with Crippen molar-refractivity contribution < 1.29 is 23.5 Å². The number of carbonyl (C=O) groups excluding carboxylic acids is 2. The summed E-state index contributed by atoms with van der Waals surface area (Å²) in [6.45, 7) is 1.71. The molecule has 2 aromatic rings. The molecule has 0 bridgehead atoms. The van der Waals surface area contributed by atoms with E-state index in [0.29, 0.717) is 11.3 Å². The van der Waals surface area contributed by atoms with Gasteiger partial charge in [-0.1, -0.05) is 35.9 Å². The molecular weight excluding hydrogens is 373 g/mol. The minimum Gasteiger partial charge on any atom is -0.496 e. The number of ether oxygens (including phenoxy) is 2. The van der Waals surface area contributed by atoms with E-state index in [9.17, 15) is 14.0 Å². The number of esters is 1. The molecule has 7 heteroatoms. The van der Waals surface area contributed by atoms with Gasteiger partial charge in [0.1, 0.15) is 11.6 Å². The number of hydrogen-bond acceptors (Lipinski definition) is 4. The van der Waals surface area contributed by atoms with E-state index in [1.807, 2.05) is 18.2 Å². The Hall–Kier alpha value is -2.86. The van der Waals surface area contributed by atoms with E-state index in [-0.39, 0.29) is 11.6 Å². The molecule has 0 spiro atoms. The summed E-state index contributed by atoms with van der Waals surface area (Å²) in [7, 11) is 1.55. The molecule has 1 N–H and O–H groups in total. The van der Waals surface area contributed by atoms with Crippen LogP contribution in [0.2, 0.25) is 5.02 Å². The van der Waals surface area contributed by atoms with Crippen LogP contribution in [0.3, 0.4) is 0 Å². The number of rotatable bonds is 7. The van der Waals surface area contributed by atoms with Crippen LogP contribution in [0.1, 0.15) is 18.1 Å². The van der Waals surface area contributed by atoms with Crippen molar-refractivity contribution in [2.24, 2.45) is 0 Å². The fourth-order valence-corrected chi connectivity index (χ4v) is 2.41. The van der Waals surface area contributed by atoms with Crippen LogP contribution in [-0.2, 0) is 20.9 Å². The Kier molecular flexibility index (Phi) is 7.37. The zero-order valence-electron chi connectivity index (χ0n) is 14.9. The first-order valence-electron chi connectivity index (χ1n) is 8.14. The molecule has 2 rings (SSSR count). The van der Waals surface area contributed by atoms with E-state index in [0.717, 1.165) is 11.6 Å². The van der Waals surface area contributed by atoms with Gasteiger partial charge in [0.25, 0.3) is 5.91 Å². The molecule has 0 fully saturated rings. The van der Waals surface area contributed by atoms with Crippen LogP contribution in [0, 0.1) is 5.82 Å². The Balaban J connectivity index is 1.86. The maximum absolute atomic E-state index is 13.1. The smallest absolute Gasteiger partial charge is 0.331 e. The lowest BCUT2D eigenvalue weighted by atomic mass is 10.2. The van der Waals surface area contributed by atoms with Crippen molar-refractivity contribution in [3.8, 4) is 5.75 Å². The molecule has 0 aliphatic carbocycles. The summed E-state index contributed by atoms with van der Waals surface area (Å²) < 4.78 is 23.4. The van der Waals surface area contributed by atoms with Gasteiger partial charge in [-0.15, -0.1) is 0 Å². The topological polar surface area (TPSA) is 64.6 Å². The summed E-state index contributed by atoms with van der Waals surface area (Å²) in [6.07, 6.45) is 1.59. The van der Waals surface area contributed by atoms with E-state index in [4.69, 9.17) is 21.1 Å². The average Bonchev–Trinajstić information content (AvgIpc) is 2.67. The first kappa shape index (κ1) is 20.5. The van der Waals surface area contributed by atoms with Gasteiger partial charge in [-0.3, -0.25) is 4.79 Å². The van der Waals surface area contributed by atoms with Crippen LogP contribution >= 0.6 is 11.6 Å². The van der Waals surface area contributed by atoms with E-state index < -0.39 is 23.8 Å². The highest BCUT2D eigenvalue weighted by atomic mass is 35.5. The zero-order chi connectivity index (χ0) is 19.8. The van der Waals surface area contributed by atoms with Crippen molar-refractivity contribution in [1.82, 2.24) is 5.32 Å². The van der Waals surface area contributed by atoms with Gasteiger partial charge in [0.2, 0.25) is 0 Å². The first-order chi connectivity index (χ1) is 12.9. The summed E-state index contributed by atoms with van der Waals surface area (Å²) >= 11 is 5.67. The number of benzene rings is 2. The van der Waals surface area contributed by atoms with Gasteiger partial charge in [-0.2, -0.15) is 0 Å². The predicted molar refractivity (Wildman–Crippen MR) is 101 cm³/mol. The Morgan fingerprint density at radius 2 is 2.00 bits per heavy atom. The summed E-state index contributed by atoms with van der Waals surface area (Å²) in [6, 6.07) is 11.3. The fourth-order valence-electron chi connectivity index (χ4n) is 2.22. The first-order valence-corrected chi connectivity index (χ1v) is 8.52. The summed E-state index contributed by atoms with van der Waals surface area (Å²) in [4.78, 5) is 23.9. The van der Waals surface area contributed by atoms with E-state index in [1.54, 1.807) is 13.2 Å². The third-order valence-corrected chi connectivity index (χ3v) is 3.95. The van der Waals surface area contributed by atoms with Crippen LogP contribution in [0.5, 0.6) is 5.75 Å². The predicted octanol–water partition coefficient (Wildman–Crippen LogP) is 3.75. The molecule has 0 aromatic heterocycles. The number of amides is 1. The minimum absolute atomic E-state index is 0.0467. The standard InChI is InChI=1S/C20H19ClFNO4/c1-13(20(25)23-12-15-5-3-4-6-18(15)26-2)27-19(24)10-8-14-7-9-17(22)16(21)11-14/h3-11,13H,12H2,1-2H3,(H,23,25)/b10-8+/t13-/m0/s1. The molecule has 0 unspecified atom stereocenters. The molecule has 0 saturated carbocycles. The van der Waals surface area contributed by atoms with Crippen LogP contribution < -0.4 is 10.1 Å². The van der Waals surface area contributed by atoms with Crippen LogP contribution in [-0.4, -0.2) is 25.1 Å². The Labute approximate surface area is 161 Å². The fraction of sp³-hybridized carbons (Fsp3) is 0.200. The monoisotopic (exact) mass is 391 g/mol. The van der Waals surface area contributed by atoms with Gasteiger partial charge in [-0.05, 0) is 36.8 Å². The number of methoxy groups -OCH3 is 1. The highest BCUT2D eigenvalue weighted by Gasteiger charge is 2.16. The maximum atomic E-state index is 13.1. The van der Waals surface area contributed by atoms with Crippen LogP contribution in [0.25, 0.3) is 6.08 Å². The van der Waals surface area contributed by atoms with Crippen molar-refractivity contribution in [2.75, 3.05) is 7.11 Å². The van der Waals surface area contributed by atoms with Crippen molar-refractivity contribution in [3.05, 3.63) is 70.5 Å². The van der Waals surface area contributed by atoms with Crippen molar-refractivity contribution in [1.29, 1.82) is 0 Å². The molecule has 5 nitrogen and oxygen atoms in total.